The Kier molecular flexibility index (Phi) is 4.95. The van der Waals surface area contributed by atoms with Crippen molar-refractivity contribution in [1.82, 2.24) is 15.0 Å². The lowest BCUT2D eigenvalue weighted by Crippen LogP contribution is -2.04. The third kappa shape index (κ3) is 4.55. The van der Waals surface area contributed by atoms with Gasteiger partial charge in [-0.1, -0.05) is 41.9 Å². The van der Waals surface area contributed by atoms with E-state index in [1.807, 2.05) is 6.07 Å². The van der Waals surface area contributed by atoms with Crippen molar-refractivity contribution in [3.8, 4) is 0 Å². The molecule has 128 valence electrons. The first kappa shape index (κ1) is 16.5. The summed E-state index contributed by atoms with van der Waals surface area (Å²) in [5.74, 6) is 2.13. The van der Waals surface area contributed by atoms with Gasteiger partial charge in [-0.2, -0.15) is 0 Å². The molecule has 0 unspecified atom stereocenters. The van der Waals surface area contributed by atoms with Gasteiger partial charge < -0.3 is 5.32 Å². The molecule has 3 aromatic rings. The molecular weight excluding hydrogens is 352 g/mol. The molecule has 0 bridgehead atoms. The van der Waals surface area contributed by atoms with E-state index in [-0.39, 0.29) is 0 Å². The van der Waals surface area contributed by atoms with Crippen molar-refractivity contribution in [3.63, 3.8) is 0 Å². The van der Waals surface area contributed by atoms with Gasteiger partial charge in [0.1, 0.15) is 16.8 Å². The Morgan fingerprint density at radius 2 is 1.92 bits per heavy atom. The van der Waals surface area contributed by atoms with Gasteiger partial charge in [0.05, 0.1) is 17.2 Å². The second-order valence-electron chi connectivity index (χ2n) is 6.28. The average molecular weight is 371 g/mol. The molecule has 1 aromatic carbocycles. The number of nitrogens with zero attached hydrogens (tertiary/aromatic N) is 3. The smallest absolute Gasteiger partial charge is 0.135 e. The largest absolute Gasteiger partial charge is 0.364 e. The molecule has 1 aliphatic rings. The first-order chi connectivity index (χ1) is 12.3. The molecule has 1 saturated carbocycles. The summed E-state index contributed by atoms with van der Waals surface area (Å²) in [5, 5.41) is 7.10. The molecule has 0 aliphatic heterocycles. The quantitative estimate of drug-likeness (QED) is 0.603. The van der Waals surface area contributed by atoms with E-state index >= 15 is 0 Å². The maximum atomic E-state index is 6.10. The van der Waals surface area contributed by atoms with E-state index in [1.165, 1.54) is 10.6 Å². The van der Waals surface area contributed by atoms with Gasteiger partial charge in [-0.3, -0.25) is 0 Å². The van der Waals surface area contributed by atoms with Gasteiger partial charge in [0.15, 0.2) is 0 Å². The van der Waals surface area contributed by atoms with Gasteiger partial charge in [-0.25, -0.2) is 15.0 Å². The number of halogens is 1. The van der Waals surface area contributed by atoms with Crippen LogP contribution in [0.25, 0.3) is 0 Å². The van der Waals surface area contributed by atoms with Crippen molar-refractivity contribution in [2.45, 2.75) is 38.1 Å². The molecule has 0 spiro atoms. The molecule has 0 radical (unpaired) electrons. The Morgan fingerprint density at radius 1 is 1.08 bits per heavy atom. The summed E-state index contributed by atoms with van der Waals surface area (Å²) in [6.07, 6.45) is 4.32. The molecule has 1 fully saturated rings. The van der Waals surface area contributed by atoms with Crippen molar-refractivity contribution in [2.24, 2.45) is 0 Å². The second-order valence-corrected chi connectivity index (χ2v) is 7.61. The van der Waals surface area contributed by atoms with Crippen LogP contribution in [0.2, 0.25) is 5.15 Å². The standard InChI is InChI=1S/C19H19ClN4S/c20-16-10-17(24-19(23-16)14-7-8-14)21-11-15-12-25-18(22-15)9-6-13-4-2-1-3-5-13/h1-5,10,12,14H,6-9,11H2,(H,21,23,24). The van der Waals surface area contributed by atoms with Gasteiger partial charge in [0.25, 0.3) is 0 Å². The van der Waals surface area contributed by atoms with Crippen molar-refractivity contribution in [3.05, 3.63) is 69.0 Å². The van der Waals surface area contributed by atoms with Crippen LogP contribution < -0.4 is 5.32 Å². The summed E-state index contributed by atoms with van der Waals surface area (Å²) >= 11 is 7.82. The monoisotopic (exact) mass is 370 g/mol. The summed E-state index contributed by atoms with van der Waals surface area (Å²) in [4.78, 5) is 13.6. The van der Waals surface area contributed by atoms with Crippen molar-refractivity contribution < 1.29 is 0 Å². The number of nitrogens with one attached hydrogen (secondary N) is 1. The van der Waals surface area contributed by atoms with Crippen molar-refractivity contribution in [1.29, 1.82) is 0 Å². The SMILES string of the molecule is Clc1cc(NCc2csc(CCc3ccccc3)n2)nc(C2CC2)n1. The Labute approximate surface area is 156 Å². The summed E-state index contributed by atoms with van der Waals surface area (Å²) in [6, 6.07) is 12.3. The molecule has 1 aliphatic carbocycles. The van der Waals surface area contributed by atoms with Crippen LogP contribution in [0.5, 0.6) is 0 Å². The first-order valence-electron chi connectivity index (χ1n) is 8.52. The maximum Gasteiger partial charge on any atom is 0.135 e. The number of hydrogen-bond donors (Lipinski definition) is 1. The molecule has 6 heteroatoms. The third-order valence-corrected chi connectivity index (χ3v) is 5.33. The number of aryl methyl sites for hydroxylation is 2. The zero-order valence-electron chi connectivity index (χ0n) is 13.8. The highest BCUT2D eigenvalue weighted by atomic mass is 35.5. The lowest BCUT2D eigenvalue weighted by Gasteiger charge is -2.06. The number of anilines is 1. The zero-order chi connectivity index (χ0) is 17.1. The summed E-state index contributed by atoms with van der Waals surface area (Å²) in [5.41, 5.74) is 2.39. The fraction of sp³-hybridized carbons (Fsp3) is 0.316. The summed E-state index contributed by atoms with van der Waals surface area (Å²) in [7, 11) is 0. The molecule has 2 heterocycles. The summed E-state index contributed by atoms with van der Waals surface area (Å²) in [6.45, 7) is 0.652. The first-order valence-corrected chi connectivity index (χ1v) is 9.77. The second kappa shape index (κ2) is 7.50. The van der Waals surface area contributed by atoms with Gasteiger partial charge in [-0.15, -0.1) is 11.3 Å². The molecule has 4 rings (SSSR count). The van der Waals surface area contributed by atoms with Crippen LogP contribution in [0.1, 0.15) is 40.8 Å². The number of rotatable bonds is 7. The zero-order valence-corrected chi connectivity index (χ0v) is 15.4. The van der Waals surface area contributed by atoms with Gasteiger partial charge in [-0.05, 0) is 24.8 Å². The normalized spacial score (nSPS) is 13.8. The lowest BCUT2D eigenvalue weighted by molar-refractivity contribution is 0.907. The fourth-order valence-electron chi connectivity index (χ4n) is 2.67. The highest BCUT2D eigenvalue weighted by molar-refractivity contribution is 7.09. The van der Waals surface area contributed by atoms with E-state index in [4.69, 9.17) is 16.6 Å². The topological polar surface area (TPSA) is 50.7 Å². The predicted molar refractivity (Wildman–Crippen MR) is 102 cm³/mol. The Balaban J connectivity index is 1.33. The summed E-state index contributed by atoms with van der Waals surface area (Å²) < 4.78 is 0. The van der Waals surface area contributed by atoms with E-state index < -0.39 is 0 Å². The van der Waals surface area contributed by atoms with Gasteiger partial charge in [0, 0.05) is 23.8 Å². The van der Waals surface area contributed by atoms with Crippen LogP contribution in [0.3, 0.4) is 0 Å². The molecule has 4 nitrogen and oxygen atoms in total. The highest BCUT2D eigenvalue weighted by Crippen LogP contribution is 2.38. The minimum Gasteiger partial charge on any atom is -0.364 e. The number of benzene rings is 1. The van der Waals surface area contributed by atoms with Crippen LogP contribution in [0, 0.1) is 0 Å². The van der Waals surface area contributed by atoms with Gasteiger partial charge >= 0.3 is 0 Å². The highest BCUT2D eigenvalue weighted by Gasteiger charge is 2.27. The predicted octanol–water partition coefficient (Wildman–Crippen LogP) is 4.86. The Bertz CT molecular complexity index is 846. The molecular formula is C19H19ClN4S. The lowest BCUT2D eigenvalue weighted by atomic mass is 10.1. The minimum atomic E-state index is 0.489. The Morgan fingerprint density at radius 3 is 2.72 bits per heavy atom. The van der Waals surface area contributed by atoms with E-state index in [0.717, 1.165) is 43.0 Å². The van der Waals surface area contributed by atoms with E-state index in [9.17, 15) is 0 Å². The molecule has 2 aromatic heterocycles. The molecule has 25 heavy (non-hydrogen) atoms. The Hall–Kier alpha value is -1.98. The third-order valence-electron chi connectivity index (χ3n) is 4.17. The van der Waals surface area contributed by atoms with E-state index in [2.05, 4.69) is 44.9 Å². The van der Waals surface area contributed by atoms with Crippen LogP contribution in [0.15, 0.2) is 41.8 Å². The van der Waals surface area contributed by atoms with Crippen LogP contribution >= 0.6 is 22.9 Å². The molecule has 0 saturated heterocycles. The molecule has 0 amide bonds. The number of aromatic nitrogens is 3. The molecule has 1 N–H and O–H groups in total. The maximum absolute atomic E-state index is 6.10. The number of thiazole rings is 1. The average Bonchev–Trinajstić information content (AvgIpc) is 3.38. The van der Waals surface area contributed by atoms with E-state index in [1.54, 1.807) is 17.4 Å². The number of hydrogen-bond acceptors (Lipinski definition) is 5. The fourth-order valence-corrected chi connectivity index (χ4v) is 3.66. The van der Waals surface area contributed by atoms with Crippen molar-refractivity contribution >= 4 is 28.8 Å². The van der Waals surface area contributed by atoms with Crippen LogP contribution in [-0.2, 0) is 19.4 Å². The van der Waals surface area contributed by atoms with E-state index in [0.29, 0.717) is 17.6 Å². The minimum absolute atomic E-state index is 0.489. The van der Waals surface area contributed by atoms with Crippen LogP contribution in [0.4, 0.5) is 5.82 Å². The molecule has 0 atom stereocenters. The van der Waals surface area contributed by atoms with Crippen molar-refractivity contribution in [2.75, 3.05) is 5.32 Å². The van der Waals surface area contributed by atoms with Gasteiger partial charge in [0.2, 0.25) is 0 Å². The van der Waals surface area contributed by atoms with Crippen LogP contribution in [-0.4, -0.2) is 15.0 Å².